The number of carboxylic acid groups (broad SMARTS) is 2. The Bertz CT molecular complexity index is 321. The molecule has 0 aromatic rings. The monoisotopic (exact) mass is 255 g/mol. The summed E-state index contributed by atoms with van der Waals surface area (Å²) in [5.74, 6) is -0.139. The zero-order valence-electron chi connectivity index (χ0n) is 10.9. The third-order valence-electron chi connectivity index (χ3n) is 2.78. The molecule has 0 rings (SSSR count). The van der Waals surface area contributed by atoms with Gasteiger partial charge in [0.05, 0.1) is 12.5 Å². The van der Waals surface area contributed by atoms with E-state index in [1.807, 2.05) is 6.92 Å². The first-order valence-electron chi connectivity index (χ1n) is 6.07. The van der Waals surface area contributed by atoms with E-state index in [1.54, 1.807) is 11.8 Å². The number of terminal acetylenes is 1. The van der Waals surface area contributed by atoms with Crippen molar-refractivity contribution >= 4 is 11.9 Å². The van der Waals surface area contributed by atoms with E-state index in [0.29, 0.717) is 6.42 Å². The summed E-state index contributed by atoms with van der Waals surface area (Å²) in [5, 5.41) is 18.1. The van der Waals surface area contributed by atoms with Crippen LogP contribution in [0.1, 0.15) is 33.1 Å². The maximum atomic E-state index is 11.2. The predicted octanol–water partition coefficient (Wildman–Crippen LogP) is 1.29. The van der Waals surface area contributed by atoms with Crippen LogP contribution >= 0.6 is 0 Å². The molecule has 0 aromatic carbocycles. The minimum atomic E-state index is -0.948. The lowest BCUT2D eigenvalue weighted by molar-refractivity contribution is -0.147. The molecule has 0 aliphatic carbocycles. The summed E-state index contributed by atoms with van der Waals surface area (Å²) in [7, 11) is 0. The highest BCUT2D eigenvalue weighted by atomic mass is 16.4. The van der Waals surface area contributed by atoms with Gasteiger partial charge in [-0.25, -0.2) is 0 Å². The fourth-order valence-corrected chi connectivity index (χ4v) is 1.71. The van der Waals surface area contributed by atoms with Crippen molar-refractivity contribution < 1.29 is 19.8 Å². The van der Waals surface area contributed by atoms with Crippen LogP contribution in [0.3, 0.4) is 0 Å². The molecule has 0 fully saturated rings. The Hall–Kier alpha value is -1.54. The number of hydrogen-bond donors (Lipinski definition) is 2. The van der Waals surface area contributed by atoms with Crippen LogP contribution in [0.4, 0.5) is 0 Å². The van der Waals surface area contributed by atoms with E-state index in [0.717, 1.165) is 12.8 Å². The average molecular weight is 255 g/mol. The second-order valence-corrected chi connectivity index (χ2v) is 4.37. The van der Waals surface area contributed by atoms with Crippen LogP contribution in [-0.4, -0.2) is 46.2 Å². The highest BCUT2D eigenvalue weighted by Crippen LogP contribution is 2.12. The molecule has 102 valence electrons. The number of nitrogens with zero attached hydrogens (tertiary/aromatic N) is 1. The predicted molar refractivity (Wildman–Crippen MR) is 68.2 cm³/mol. The van der Waals surface area contributed by atoms with Gasteiger partial charge in [-0.1, -0.05) is 32.6 Å². The van der Waals surface area contributed by atoms with Crippen LogP contribution in [0, 0.1) is 18.3 Å². The summed E-state index contributed by atoms with van der Waals surface area (Å²) in [6.07, 6.45) is 7.37. The van der Waals surface area contributed by atoms with Crippen molar-refractivity contribution in [1.82, 2.24) is 4.90 Å². The molecule has 0 aromatic heterocycles. The molecule has 0 saturated heterocycles. The fourth-order valence-electron chi connectivity index (χ4n) is 1.71. The molecule has 0 bridgehead atoms. The van der Waals surface area contributed by atoms with Crippen molar-refractivity contribution in [3.05, 3.63) is 0 Å². The molecule has 5 nitrogen and oxygen atoms in total. The molecule has 2 atom stereocenters. The van der Waals surface area contributed by atoms with Gasteiger partial charge in [0.1, 0.15) is 6.04 Å². The van der Waals surface area contributed by atoms with Crippen LogP contribution < -0.4 is 0 Å². The minimum absolute atomic E-state index is 0.151. The number of carbonyl (C=O) groups is 2. The maximum Gasteiger partial charge on any atom is 0.320 e. The SMILES string of the molecule is C#CCN(CC(C)C(=O)O)C(CCCC)C(=O)O. The highest BCUT2D eigenvalue weighted by molar-refractivity contribution is 5.74. The van der Waals surface area contributed by atoms with E-state index in [-0.39, 0.29) is 13.1 Å². The van der Waals surface area contributed by atoms with Crippen molar-refractivity contribution in [2.24, 2.45) is 5.92 Å². The van der Waals surface area contributed by atoms with E-state index in [9.17, 15) is 14.7 Å². The third-order valence-corrected chi connectivity index (χ3v) is 2.78. The van der Waals surface area contributed by atoms with Gasteiger partial charge < -0.3 is 10.2 Å². The first-order valence-corrected chi connectivity index (χ1v) is 6.07. The van der Waals surface area contributed by atoms with Crippen LogP contribution in [0.25, 0.3) is 0 Å². The number of aliphatic carboxylic acids is 2. The molecule has 18 heavy (non-hydrogen) atoms. The molecule has 2 N–H and O–H groups in total. The topological polar surface area (TPSA) is 77.8 Å². The molecule has 0 radical (unpaired) electrons. The van der Waals surface area contributed by atoms with E-state index in [2.05, 4.69) is 5.92 Å². The summed E-state index contributed by atoms with van der Waals surface area (Å²) in [6, 6.07) is -0.706. The Morgan fingerprint density at radius 1 is 1.33 bits per heavy atom. The van der Waals surface area contributed by atoms with Crippen molar-refractivity contribution in [3.63, 3.8) is 0 Å². The van der Waals surface area contributed by atoms with Gasteiger partial charge in [-0.3, -0.25) is 14.5 Å². The molecule has 5 heteroatoms. The van der Waals surface area contributed by atoms with Gasteiger partial charge in [0, 0.05) is 6.54 Å². The summed E-state index contributed by atoms with van der Waals surface area (Å²) < 4.78 is 0. The van der Waals surface area contributed by atoms with Crippen molar-refractivity contribution in [2.45, 2.75) is 39.2 Å². The first kappa shape index (κ1) is 16.5. The van der Waals surface area contributed by atoms with Gasteiger partial charge in [0.15, 0.2) is 0 Å². The van der Waals surface area contributed by atoms with Gasteiger partial charge in [0.2, 0.25) is 0 Å². The highest BCUT2D eigenvalue weighted by Gasteiger charge is 2.27. The third kappa shape index (κ3) is 5.69. The summed E-state index contributed by atoms with van der Waals surface area (Å²) in [4.78, 5) is 23.6. The molecular formula is C13H21NO4. The van der Waals surface area contributed by atoms with Gasteiger partial charge >= 0.3 is 11.9 Å². The molecular weight excluding hydrogens is 234 g/mol. The standard InChI is InChI=1S/C13H21NO4/c1-4-6-7-11(13(17)18)14(8-5-2)9-10(3)12(15)16/h2,10-11H,4,6-9H2,1,3H3,(H,15,16)(H,17,18). The Balaban J connectivity index is 4.74. The van der Waals surface area contributed by atoms with Gasteiger partial charge in [-0.2, -0.15) is 0 Å². The molecule has 0 heterocycles. The quantitative estimate of drug-likeness (QED) is 0.607. The Morgan fingerprint density at radius 3 is 2.33 bits per heavy atom. The normalized spacial score (nSPS) is 13.9. The van der Waals surface area contributed by atoms with Gasteiger partial charge in [-0.15, -0.1) is 6.42 Å². The Labute approximate surface area is 108 Å². The van der Waals surface area contributed by atoms with Crippen LogP contribution in [0.5, 0.6) is 0 Å². The van der Waals surface area contributed by atoms with Crippen LogP contribution in [-0.2, 0) is 9.59 Å². The second-order valence-electron chi connectivity index (χ2n) is 4.37. The summed E-state index contributed by atoms with van der Waals surface area (Å²) in [5.41, 5.74) is 0. The Kier molecular flexibility index (Phi) is 7.81. The maximum absolute atomic E-state index is 11.2. The van der Waals surface area contributed by atoms with E-state index in [1.165, 1.54) is 0 Å². The smallest absolute Gasteiger partial charge is 0.320 e. The molecule has 0 spiro atoms. The average Bonchev–Trinajstić information content (AvgIpc) is 2.28. The van der Waals surface area contributed by atoms with Crippen molar-refractivity contribution in [3.8, 4) is 12.3 Å². The zero-order valence-corrected chi connectivity index (χ0v) is 10.9. The van der Waals surface area contributed by atoms with Crippen LogP contribution in [0.15, 0.2) is 0 Å². The molecule has 2 unspecified atom stereocenters. The van der Waals surface area contributed by atoms with E-state index >= 15 is 0 Å². The Morgan fingerprint density at radius 2 is 1.94 bits per heavy atom. The van der Waals surface area contributed by atoms with Gasteiger partial charge in [-0.05, 0) is 6.42 Å². The van der Waals surface area contributed by atoms with Gasteiger partial charge in [0.25, 0.3) is 0 Å². The molecule has 0 saturated carbocycles. The van der Waals surface area contributed by atoms with Crippen molar-refractivity contribution in [1.29, 1.82) is 0 Å². The van der Waals surface area contributed by atoms with E-state index < -0.39 is 23.9 Å². The number of rotatable bonds is 9. The number of carboxylic acids is 2. The fraction of sp³-hybridized carbons (Fsp3) is 0.692. The lowest BCUT2D eigenvalue weighted by Crippen LogP contribution is -2.44. The molecule has 0 amide bonds. The lowest BCUT2D eigenvalue weighted by Gasteiger charge is -2.28. The first-order chi connectivity index (χ1) is 8.43. The lowest BCUT2D eigenvalue weighted by atomic mass is 10.1. The minimum Gasteiger partial charge on any atom is -0.481 e. The largest absolute Gasteiger partial charge is 0.481 e. The van der Waals surface area contributed by atoms with Crippen LogP contribution in [0.2, 0.25) is 0 Å². The second kappa shape index (κ2) is 8.54. The number of unbranched alkanes of at least 4 members (excludes halogenated alkanes) is 1. The molecule has 0 aliphatic rings. The summed E-state index contributed by atoms with van der Waals surface area (Å²) >= 11 is 0. The van der Waals surface area contributed by atoms with E-state index in [4.69, 9.17) is 11.5 Å². The summed E-state index contributed by atoms with van der Waals surface area (Å²) in [6.45, 7) is 3.83. The molecule has 0 aliphatic heterocycles. The number of hydrogen-bond acceptors (Lipinski definition) is 3. The zero-order chi connectivity index (χ0) is 14.1. The van der Waals surface area contributed by atoms with Crippen molar-refractivity contribution in [2.75, 3.05) is 13.1 Å².